The number of nitrogens with one attached hydrogen (secondary N) is 1. The quantitative estimate of drug-likeness (QED) is 0.120. The molecule has 3 aromatic carbocycles. The maximum absolute atomic E-state index is 12.5. The summed E-state index contributed by atoms with van der Waals surface area (Å²) in [6, 6.07) is 16.2. The Morgan fingerprint density at radius 3 is 2.69 bits per heavy atom. The topological polar surface area (TPSA) is 63.8 Å². The molecule has 0 fully saturated rings. The summed E-state index contributed by atoms with van der Waals surface area (Å²) in [5.74, 6) is 0.401. The average Bonchev–Trinajstić information content (AvgIpc) is 3.23. The van der Waals surface area contributed by atoms with E-state index in [1.807, 2.05) is 30.3 Å². The number of carbonyl (C=O) groups excluding carboxylic acids is 1. The van der Waals surface area contributed by atoms with Crippen molar-refractivity contribution in [2.24, 2.45) is 5.10 Å². The molecule has 35 heavy (non-hydrogen) atoms. The fraction of sp³-hybridized carbons (Fsp3) is 0.0769. The Labute approximate surface area is 229 Å². The fourth-order valence-corrected chi connectivity index (χ4v) is 4.83. The smallest absolute Gasteiger partial charge is 0.307 e. The third-order valence-corrected chi connectivity index (χ3v) is 6.65. The molecule has 0 radical (unpaired) electrons. The molecule has 0 aliphatic carbocycles. The van der Waals surface area contributed by atoms with Crippen LogP contribution < -0.4 is 10.2 Å². The average molecular weight is 637 g/mol. The van der Waals surface area contributed by atoms with Gasteiger partial charge in [0.15, 0.2) is 5.76 Å². The minimum Gasteiger partial charge on any atom is -0.487 e. The molecular weight excluding hydrogens is 619 g/mol. The van der Waals surface area contributed by atoms with Crippen LogP contribution >= 0.6 is 55.1 Å². The summed E-state index contributed by atoms with van der Waals surface area (Å²) in [7, 11) is 0. The monoisotopic (exact) mass is 634 g/mol. The molecule has 5 nitrogen and oxygen atoms in total. The van der Waals surface area contributed by atoms with Crippen molar-refractivity contribution in [1.29, 1.82) is 0 Å². The summed E-state index contributed by atoms with van der Waals surface area (Å²) >= 11 is 19.2. The highest BCUT2D eigenvalue weighted by atomic mass is 79.9. The molecule has 0 aliphatic rings. The number of rotatable bonds is 8. The van der Waals surface area contributed by atoms with Gasteiger partial charge in [0.1, 0.15) is 17.9 Å². The lowest BCUT2D eigenvalue weighted by Gasteiger charge is -2.14. The molecule has 0 spiro atoms. The zero-order valence-corrected chi connectivity index (χ0v) is 22.8. The first kappa shape index (κ1) is 25.5. The van der Waals surface area contributed by atoms with E-state index in [1.54, 1.807) is 36.6 Å². The molecule has 0 atom stereocenters. The molecular formula is C26H18Br2Cl2N2O3. The van der Waals surface area contributed by atoms with E-state index in [1.165, 1.54) is 0 Å². The van der Waals surface area contributed by atoms with Gasteiger partial charge in [-0.3, -0.25) is 4.79 Å². The molecule has 1 heterocycles. The van der Waals surface area contributed by atoms with Crippen molar-refractivity contribution in [2.45, 2.75) is 13.0 Å². The minimum atomic E-state index is -0.446. The molecule has 0 saturated heterocycles. The molecule has 0 unspecified atom stereocenters. The van der Waals surface area contributed by atoms with E-state index in [0.29, 0.717) is 27.8 Å². The van der Waals surface area contributed by atoms with Gasteiger partial charge in [-0.2, -0.15) is 5.10 Å². The summed E-state index contributed by atoms with van der Waals surface area (Å²) in [4.78, 5) is 12.5. The van der Waals surface area contributed by atoms with Crippen LogP contribution in [0.4, 0.5) is 0 Å². The highest BCUT2D eigenvalue weighted by Gasteiger charge is 2.13. The van der Waals surface area contributed by atoms with E-state index in [0.717, 1.165) is 31.0 Å². The van der Waals surface area contributed by atoms with Gasteiger partial charge in [0, 0.05) is 25.5 Å². The number of furan rings is 1. The minimum absolute atomic E-state index is 0.174. The van der Waals surface area contributed by atoms with Gasteiger partial charge < -0.3 is 9.15 Å². The number of nitrogens with zero attached hydrogens (tertiary/aromatic N) is 1. The van der Waals surface area contributed by atoms with Crippen LogP contribution in [0.25, 0.3) is 11.0 Å². The number of fused-ring (bicyclic) bond motifs is 1. The summed E-state index contributed by atoms with van der Waals surface area (Å²) in [6.07, 6.45) is 3.91. The van der Waals surface area contributed by atoms with E-state index in [-0.39, 0.29) is 12.4 Å². The number of benzene rings is 3. The van der Waals surface area contributed by atoms with Gasteiger partial charge in [-0.1, -0.05) is 51.3 Å². The van der Waals surface area contributed by atoms with Crippen LogP contribution in [-0.2, 0) is 13.0 Å². The van der Waals surface area contributed by atoms with Crippen molar-refractivity contribution in [2.75, 3.05) is 0 Å². The molecule has 1 amide bonds. The lowest BCUT2D eigenvalue weighted by Crippen LogP contribution is -2.16. The molecule has 0 saturated carbocycles. The van der Waals surface area contributed by atoms with Crippen LogP contribution in [0.15, 0.2) is 85.7 Å². The molecule has 0 bridgehead atoms. The summed E-state index contributed by atoms with van der Waals surface area (Å²) in [6.45, 7) is 4.10. The third kappa shape index (κ3) is 6.35. The first-order chi connectivity index (χ1) is 16.8. The number of ether oxygens (including phenoxy) is 1. The zero-order valence-electron chi connectivity index (χ0n) is 18.2. The van der Waals surface area contributed by atoms with Crippen LogP contribution in [0.5, 0.6) is 5.75 Å². The van der Waals surface area contributed by atoms with Crippen molar-refractivity contribution in [3.05, 3.63) is 109 Å². The zero-order chi connectivity index (χ0) is 24.9. The Bertz CT molecular complexity index is 1450. The number of hydrogen-bond acceptors (Lipinski definition) is 4. The molecule has 1 aromatic heterocycles. The lowest BCUT2D eigenvalue weighted by molar-refractivity contribution is 0.0929. The molecule has 4 aromatic rings. The number of hydrogen-bond donors (Lipinski definition) is 1. The molecule has 0 aliphatic heterocycles. The Kier molecular flexibility index (Phi) is 8.34. The number of allylic oxidation sites excluding steroid dienone is 1. The van der Waals surface area contributed by atoms with Gasteiger partial charge in [0.05, 0.1) is 10.7 Å². The standard InChI is InChI=1S/C26H18Br2Cl2N2O3/c1-2-3-16-8-15(9-21(28)25(16)34-14-17-4-6-20(29)12-22(17)30)13-31-32-26(33)24-11-18-10-19(27)5-7-23(18)35-24/h2,4-13H,1,3,14H2,(H,32,33)/b31-13+. The first-order valence-corrected chi connectivity index (χ1v) is 12.7. The Hall–Kier alpha value is -2.58. The van der Waals surface area contributed by atoms with Gasteiger partial charge in [0.2, 0.25) is 0 Å². The second kappa shape index (κ2) is 11.4. The van der Waals surface area contributed by atoms with Crippen LogP contribution in [-0.4, -0.2) is 12.1 Å². The summed E-state index contributed by atoms with van der Waals surface area (Å²) < 4.78 is 13.3. The van der Waals surface area contributed by atoms with E-state index in [4.69, 9.17) is 32.4 Å². The predicted octanol–water partition coefficient (Wildman–Crippen LogP) is 8.34. The largest absolute Gasteiger partial charge is 0.487 e. The lowest BCUT2D eigenvalue weighted by atomic mass is 10.1. The van der Waals surface area contributed by atoms with Crippen LogP contribution in [0.2, 0.25) is 10.0 Å². The number of carbonyl (C=O) groups is 1. The van der Waals surface area contributed by atoms with Crippen molar-refractivity contribution >= 4 is 78.2 Å². The van der Waals surface area contributed by atoms with Crippen LogP contribution in [0.1, 0.15) is 27.2 Å². The van der Waals surface area contributed by atoms with Crippen molar-refractivity contribution in [1.82, 2.24) is 5.43 Å². The summed E-state index contributed by atoms with van der Waals surface area (Å²) in [5, 5.41) is 6.00. The van der Waals surface area contributed by atoms with Gasteiger partial charge in [-0.25, -0.2) is 5.43 Å². The molecule has 9 heteroatoms. The third-order valence-electron chi connectivity index (χ3n) is 4.98. The maximum Gasteiger partial charge on any atom is 0.307 e. The first-order valence-electron chi connectivity index (χ1n) is 10.4. The number of halogens is 4. The van der Waals surface area contributed by atoms with Crippen molar-refractivity contribution in [3.8, 4) is 5.75 Å². The second-order valence-corrected chi connectivity index (χ2v) is 10.1. The van der Waals surface area contributed by atoms with E-state index in [2.05, 4.69) is 49.0 Å². The van der Waals surface area contributed by atoms with Crippen LogP contribution in [0, 0.1) is 0 Å². The second-order valence-electron chi connectivity index (χ2n) is 7.50. The number of hydrazone groups is 1. The van der Waals surface area contributed by atoms with Crippen molar-refractivity contribution < 1.29 is 13.9 Å². The fourth-order valence-electron chi connectivity index (χ4n) is 3.35. The Balaban J connectivity index is 1.48. The molecule has 4 rings (SSSR count). The Morgan fingerprint density at radius 2 is 1.91 bits per heavy atom. The highest BCUT2D eigenvalue weighted by Crippen LogP contribution is 2.33. The maximum atomic E-state index is 12.5. The van der Waals surface area contributed by atoms with E-state index in [9.17, 15) is 4.79 Å². The van der Waals surface area contributed by atoms with Crippen molar-refractivity contribution in [3.63, 3.8) is 0 Å². The summed E-state index contributed by atoms with van der Waals surface area (Å²) in [5.41, 5.74) is 5.60. The SMILES string of the molecule is C=CCc1cc(/C=N/NC(=O)c2cc3cc(Br)ccc3o2)cc(Br)c1OCc1ccc(Cl)cc1Cl. The predicted molar refractivity (Wildman–Crippen MR) is 148 cm³/mol. The normalized spacial score (nSPS) is 11.2. The molecule has 1 N–H and O–H groups in total. The van der Waals surface area contributed by atoms with Gasteiger partial charge in [0.25, 0.3) is 0 Å². The van der Waals surface area contributed by atoms with E-state index < -0.39 is 5.91 Å². The van der Waals surface area contributed by atoms with Crippen LogP contribution in [0.3, 0.4) is 0 Å². The van der Waals surface area contributed by atoms with Gasteiger partial charge >= 0.3 is 5.91 Å². The highest BCUT2D eigenvalue weighted by molar-refractivity contribution is 9.10. The molecule has 178 valence electrons. The number of amides is 1. The Morgan fingerprint density at radius 1 is 1.09 bits per heavy atom. The van der Waals surface area contributed by atoms with Gasteiger partial charge in [-0.05, 0) is 82.0 Å². The van der Waals surface area contributed by atoms with Gasteiger partial charge in [-0.15, -0.1) is 6.58 Å². The van der Waals surface area contributed by atoms with E-state index >= 15 is 0 Å².